The number of nitrogens with zero attached hydrogens (tertiary/aromatic N) is 2. The third-order valence-corrected chi connectivity index (χ3v) is 5.05. The maximum Gasteiger partial charge on any atom is 0.226 e. The van der Waals surface area contributed by atoms with Crippen molar-refractivity contribution in [2.45, 2.75) is 20.3 Å². The van der Waals surface area contributed by atoms with Crippen LogP contribution in [0, 0.1) is 5.82 Å². The molecule has 0 saturated carbocycles. The molecule has 2 aromatic carbocycles. The Morgan fingerprint density at radius 1 is 0.967 bits per heavy atom. The summed E-state index contributed by atoms with van der Waals surface area (Å²) in [7, 11) is 0. The molecule has 0 aromatic heterocycles. The van der Waals surface area contributed by atoms with E-state index in [1.165, 1.54) is 13.0 Å². The zero-order chi connectivity index (χ0) is 21.5. The Morgan fingerprint density at radius 3 is 2.17 bits per heavy atom. The lowest BCUT2D eigenvalue weighted by atomic mass is 10.1. The van der Waals surface area contributed by atoms with E-state index in [9.17, 15) is 14.0 Å². The third kappa shape index (κ3) is 5.49. The number of carbonyl (C=O) groups excluding carboxylic acids is 2. The smallest absolute Gasteiger partial charge is 0.226 e. The van der Waals surface area contributed by atoms with Gasteiger partial charge in [-0.1, -0.05) is 0 Å². The molecule has 0 atom stereocenters. The molecule has 0 spiro atoms. The molecule has 1 fully saturated rings. The molecule has 7 heteroatoms. The Morgan fingerprint density at radius 2 is 1.60 bits per heavy atom. The van der Waals surface area contributed by atoms with Gasteiger partial charge in [-0.25, -0.2) is 4.39 Å². The molecule has 0 bridgehead atoms. The SMILES string of the molecule is CCOc1ccc(OCCC(=O)N2CCN(c3ccc(C(C)=O)cc3F)CC2)cc1. The molecular formula is C23H27FN2O4. The Hall–Kier alpha value is -3.09. The minimum atomic E-state index is -0.411. The minimum absolute atomic E-state index is 0.0213. The van der Waals surface area contributed by atoms with E-state index in [2.05, 4.69) is 0 Å². The number of hydrogen-bond acceptors (Lipinski definition) is 5. The fourth-order valence-corrected chi connectivity index (χ4v) is 3.39. The van der Waals surface area contributed by atoms with Gasteiger partial charge in [0.25, 0.3) is 0 Å². The molecule has 0 N–H and O–H groups in total. The number of benzene rings is 2. The third-order valence-electron chi connectivity index (χ3n) is 5.05. The van der Waals surface area contributed by atoms with Gasteiger partial charge < -0.3 is 19.3 Å². The number of halogens is 1. The molecule has 6 nitrogen and oxygen atoms in total. The van der Waals surface area contributed by atoms with Crippen molar-refractivity contribution >= 4 is 17.4 Å². The summed E-state index contributed by atoms with van der Waals surface area (Å²) < 4.78 is 25.4. The standard InChI is InChI=1S/C23H27FN2O4/c1-3-29-19-5-7-20(8-6-19)30-15-10-23(28)26-13-11-25(12-14-26)22-9-4-18(17(2)27)16-21(22)24/h4-9,16H,3,10-15H2,1-2H3. The fraction of sp³-hybridized carbons (Fsp3) is 0.391. The van der Waals surface area contributed by atoms with Crippen molar-refractivity contribution in [2.24, 2.45) is 0 Å². The van der Waals surface area contributed by atoms with Gasteiger partial charge in [0.1, 0.15) is 17.3 Å². The quantitative estimate of drug-likeness (QED) is 0.619. The summed E-state index contributed by atoms with van der Waals surface area (Å²) in [5.74, 6) is 0.925. The van der Waals surface area contributed by atoms with Crippen molar-refractivity contribution in [2.75, 3.05) is 44.3 Å². The molecule has 1 saturated heterocycles. The first-order valence-electron chi connectivity index (χ1n) is 10.2. The normalized spacial score (nSPS) is 13.8. The van der Waals surface area contributed by atoms with Gasteiger partial charge >= 0.3 is 0 Å². The Balaban J connectivity index is 1.44. The van der Waals surface area contributed by atoms with Gasteiger partial charge in [0.2, 0.25) is 5.91 Å². The van der Waals surface area contributed by atoms with Crippen LogP contribution in [0.25, 0.3) is 0 Å². The maximum atomic E-state index is 14.3. The number of ether oxygens (including phenoxy) is 2. The topological polar surface area (TPSA) is 59.1 Å². The molecule has 1 heterocycles. The van der Waals surface area contributed by atoms with E-state index >= 15 is 0 Å². The second-order valence-electron chi connectivity index (χ2n) is 7.09. The summed E-state index contributed by atoms with van der Waals surface area (Å²) in [6.07, 6.45) is 0.287. The summed E-state index contributed by atoms with van der Waals surface area (Å²) >= 11 is 0. The summed E-state index contributed by atoms with van der Waals surface area (Å²) in [6, 6.07) is 11.8. The van der Waals surface area contributed by atoms with Crippen LogP contribution in [0.5, 0.6) is 11.5 Å². The number of rotatable bonds is 8. The zero-order valence-electron chi connectivity index (χ0n) is 17.4. The fourth-order valence-electron chi connectivity index (χ4n) is 3.39. The highest BCUT2D eigenvalue weighted by Gasteiger charge is 2.23. The van der Waals surface area contributed by atoms with Crippen molar-refractivity contribution < 1.29 is 23.5 Å². The van der Waals surface area contributed by atoms with Crippen LogP contribution in [0.4, 0.5) is 10.1 Å². The second-order valence-corrected chi connectivity index (χ2v) is 7.09. The van der Waals surface area contributed by atoms with Gasteiger partial charge in [0.15, 0.2) is 5.78 Å². The van der Waals surface area contributed by atoms with E-state index in [0.717, 1.165) is 5.75 Å². The Bertz CT molecular complexity index is 877. The van der Waals surface area contributed by atoms with Crippen molar-refractivity contribution in [3.05, 3.63) is 53.8 Å². The lowest BCUT2D eigenvalue weighted by Gasteiger charge is -2.36. The molecule has 1 aliphatic rings. The van der Waals surface area contributed by atoms with Gasteiger partial charge in [0.05, 0.1) is 25.3 Å². The lowest BCUT2D eigenvalue weighted by molar-refractivity contribution is -0.132. The first-order valence-corrected chi connectivity index (χ1v) is 10.2. The largest absolute Gasteiger partial charge is 0.494 e. The molecule has 2 aromatic rings. The molecule has 160 valence electrons. The van der Waals surface area contributed by atoms with E-state index in [1.54, 1.807) is 17.0 Å². The Labute approximate surface area is 176 Å². The highest BCUT2D eigenvalue weighted by atomic mass is 19.1. The maximum absolute atomic E-state index is 14.3. The number of piperazine rings is 1. The molecule has 3 rings (SSSR count). The number of hydrogen-bond donors (Lipinski definition) is 0. The van der Waals surface area contributed by atoms with E-state index < -0.39 is 5.82 Å². The monoisotopic (exact) mass is 414 g/mol. The lowest BCUT2D eigenvalue weighted by Crippen LogP contribution is -2.49. The molecule has 1 amide bonds. The first-order chi connectivity index (χ1) is 14.5. The van der Waals surface area contributed by atoms with Gasteiger partial charge in [-0.2, -0.15) is 0 Å². The van der Waals surface area contributed by atoms with Crippen LogP contribution in [0.2, 0.25) is 0 Å². The van der Waals surface area contributed by atoms with Crippen LogP contribution in [0.1, 0.15) is 30.6 Å². The molecule has 0 unspecified atom stereocenters. The van der Waals surface area contributed by atoms with Crippen LogP contribution >= 0.6 is 0 Å². The van der Waals surface area contributed by atoms with Gasteiger partial charge in [0, 0.05) is 31.7 Å². The van der Waals surface area contributed by atoms with E-state index in [4.69, 9.17) is 9.47 Å². The van der Waals surface area contributed by atoms with Crippen LogP contribution in [0.15, 0.2) is 42.5 Å². The second kappa shape index (κ2) is 10.1. The number of anilines is 1. The van der Waals surface area contributed by atoms with Gasteiger partial charge in [-0.05, 0) is 56.3 Å². The predicted molar refractivity (Wildman–Crippen MR) is 113 cm³/mol. The van der Waals surface area contributed by atoms with Crippen molar-refractivity contribution in [3.63, 3.8) is 0 Å². The van der Waals surface area contributed by atoms with E-state index in [-0.39, 0.29) is 18.1 Å². The number of amides is 1. The van der Waals surface area contributed by atoms with Gasteiger partial charge in [-0.3, -0.25) is 9.59 Å². The summed E-state index contributed by atoms with van der Waals surface area (Å²) in [5.41, 5.74) is 0.823. The van der Waals surface area contributed by atoms with Crippen molar-refractivity contribution in [3.8, 4) is 11.5 Å². The summed E-state index contributed by atoms with van der Waals surface area (Å²) in [6.45, 7) is 6.39. The summed E-state index contributed by atoms with van der Waals surface area (Å²) in [4.78, 5) is 27.5. The zero-order valence-corrected chi connectivity index (χ0v) is 17.4. The van der Waals surface area contributed by atoms with Crippen LogP contribution in [-0.4, -0.2) is 56.0 Å². The number of ketones is 1. The van der Waals surface area contributed by atoms with Gasteiger partial charge in [-0.15, -0.1) is 0 Å². The molecular weight excluding hydrogens is 387 g/mol. The number of Topliss-reactive ketones (excluding diaryl/α,β-unsaturated/α-hetero) is 1. The van der Waals surface area contributed by atoms with Crippen LogP contribution < -0.4 is 14.4 Å². The minimum Gasteiger partial charge on any atom is -0.494 e. The molecule has 1 aliphatic heterocycles. The van der Waals surface area contributed by atoms with Crippen molar-refractivity contribution in [1.29, 1.82) is 0 Å². The Kier molecular flexibility index (Phi) is 7.27. The van der Waals surface area contributed by atoms with Crippen LogP contribution in [-0.2, 0) is 4.79 Å². The van der Waals surface area contributed by atoms with Crippen molar-refractivity contribution in [1.82, 2.24) is 4.90 Å². The molecule has 0 aliphatic carbocycles. The summed E-state index contributed by atoms with van der Waals surface area (Å²) in [5, 5.41) is 0. The molecule has 30 heavy (non-hydrogen) atoms. The molecule has 0 radical (unpaired) electrons. The van der Waals surface area contributed by atoms with E-state index in [0.29, 0.717) is 56.4 Å². The highest BCUT2D eigenvalue weighted by molar-refractivity contribution is 5.94. The highest BCUT2D eigenvalue weighted by Crippen LogP contribution is 2.23. The average molecular weight is 414 g/mol. The van der Waals surface area contributed by atoms with Crippen LogP contribution in [0.3, 0.4) is 0 Å². The predicted octanol–water partition coefficient (Wildman–Crippen LogP) is 3.54. The average Bonchev–Trinajstić information content (AvgIpc) is 2.75. The first kappa shape index (κ1) is 21.6. The number of carbonyl (C=O) groups is 2. The van der Waals surface area contributed by atoms with E-state index in [1.807, 2.05) is 36.1 Å².